The number of carbonyl (C=O) groups excluding carboxylic acids is 3. The molecule has 7 nitrogen and oxygen atoms in total. The zero-order valence-electron chi connectivity index (χ0n) is 14.7. The fourth-order valence-corrected chi connectivity index (χ4v) is 1.41. The van der Waals surface area contributed by atoms with E-state index in [1.807, 2.05) is 13.8 Å². The Bertz CT molecular complexity index is 436. The third-order valence-corrected chi connectivity index (χ3v) is 2.55. The number of esters is 2. The Morgan fingerprint density at radius 3 is 2.00 bits per heavy atom. The first-order chi connectivity index (χ1) is 10.5. The summed E-state index contributed by atoms with van der Waals surface area (Å²) in [6.45, 7) is 10.9. The third-order valence-electron chi connectivity index (χ3n) is 2.55. The summed E-state index contributed by atoms with van der Waals surface area (Å²) >= 11 is 0. The van der Waals surface area contributed by atoms with Crippen molar-refractivity contribution in [3.05, 3.63) is 12.2 Å². The van der Waals surface area contributed by atoms with E-state index in [4.69, 9.17) is 9.47 Å². The van der Waals surface area contributed by atoms with Gasteiger partial charge in [-0.25, -0.2) is 14.4 Å². The topological polar surface area (TPSA) is 90.9 Å². The first-order valence-corrected chi connectivity index (χ1v) is 7.56. The fourth-order valence-electron chi connectivity index (χ4n) is 1.41. The standard InChI is InChI=1S/C16H27NO6/c1-7-21-13(18)8-9-14(19)22-10-12(11(2)3)17-15(20)23-16(4,5)6/h8-9,11-12H,7,10H2,1-6H3,(H,17,20)/b9-8+/t12-/m0/s1. The highest BCUT2D eigenvalue weighted by Crippen LogP contribution is 2.09. The van der Waals surface area contributed by atoms with Crippen molar-refractivity contribution < 1.29 is 28.6 Å². The van der Waals surface area contributed by atoms with Gasteiger partial charge in [0.2, 0.25) is 0 Å². The third kappa shape index (κ3) is 11.2. The van der Waals surface area contributed by atoms with Crippen LogP contribution in [-0.4, -0.2) is 42.9 Å². The smallest absolute Gasteiger partial charge is 0.407 e. The van der Waals surface area contributed by atoms with Crippen molar-refractivity contribution in [2.75, 3.05) is 13.2 Å². The number of alkyl carbamates (subject to hydrolysis) is 1. The van der Waals surface area contributed by atoms with Gasteiger partial charge in [0, 0.05) is 12.2 Å². The van der Waals surface area contributed by atoms with Crippen LogP contribution < -0.4 is 5.32 Å². The zero-order chi connectivity index (χ0) is 18.0. The second-order valence-electron chi connectivity index (χ2n) is 6.21. The normalized spacial score (nSPS) is 12.8. The van der Waals surface area contributed by atoms with Crippen molar-refractivity contribution >= 4 is 18.0 Å². The molecule has 0 bridgehead atoms. The molecule has 0 aliphatic rings. The molecule has 0 aromatic rings. The number of hydrogen-bond donors (Lipinski definition) is 1. The van der Waals surface area contributed by atoms with Crippen molar-refractivity contribution in [3.8, 4) is 0 Å². The van der Waals surface area contributed by atoms with Crippen LogP contribution in [0.15, 0.2) is 12.2 Å². The predicted octanol–water partition coefficient (Wildman–Crippen LogP) is 2.20. The van der Waals surface area contributed by atoms with Crippen molar-refractivity contribution in [1.29, 1.82) is 0 Å². The van der Waals surface area contributed by atoms with Gasteiger partial charge in [0.15, 0.2) is 0 Å². The van der Waals surface area contributed by atoms with E-state index >= 15 is 0 Å². The molecule has 0 spiro atoms. The van der Waals surface area contributed by atoms with Crippen LogP contribution in [0.2, 0.25) is 0 Å². The molecule has 7 heteroatoms. The maximum atomic E-state index is 11.8. The first kappa shape index (κ1) is 20.9. The van der Waals surface area contributed by atoms with Gasteiger partial charge in [0.05, 0.1) is 12.6 Å². The molecule has 0 heterocycles. The average molecular weight is 329 g/mol. The van der Waals surface area contributed by atoms with Crippen molar-refractivity contribution in [2.45, 2.75) is 53.2 Å². The molecule has 0 saturated carbocycles. The highest BCUT2D eigenvalue weighted by molar-refractivity contribution is 5.91. The molecule has 132 valence electrons. The minimum absolute atomic E-state index is 0.0249. The molecule has 0 rings (SSSR count). The lowest BCUT2D eigenvalue weighted by atomic mass is 10.1. The molecule has 0 fully saturated rings. The summed E-state index contributed by atoms with van der Waals surface area (Å²) in [5, 5.41) is 2.66. The van der Waals surface area contributed by atoms with Crippen LogP contribution in [0.4, 0.5) is 4.79 Å². The largest absolute Gasteiger partial charge is 0.463 e. The minimum Gasteiger partial charge on any atom is -0.463 e. The summed E-state index contributed by atoms with van der Waals surface area (Å²) in [7, 11) is 0. The Hall–Kier alpha value is -2.05. The van der Waals surface area contributed by atoms with Gasteiger partial charge in [-0.3, -0.25) is 0 Å². The molecule has 1 N–H and O–H groups in total. The quantitative estimate of drug-likeness (QED) is 0.437. The molecule has 23 heavy (non-hydrogen) atoms. The van der Waals surface area contributed by atoms with E-state index in [1.54, 1.807) is 27.7 Å². The molecule has 0 aromatic heterocycles. The molecule has 0 aliphatic carbocycles. The van der Waals surface area contributed by atoms with Gasteiger partial charge in [-0.05, 0) is 33.6 Å². The van der Waals surface area contributed by atoms with Crippen LogP contribution in [0.5, 0.6) is 0 Å². The lowest BCUT2D eigenvalue weighted by Crippen LogP contribution is -2.44. The van der Waals surface area contributed by atoms with Crippen LogP contribution >= 0.6 is 0 Å². The van der Waals surface area contributed by atoms with Crippen molar-refractivity contribution in [1.82, 2.24) is 5.32 Å². The SMILES string of the molecule is CCOC(=O)/C=C/C(=O)OC[C@H](NC(=O)OC(C)(C)C)C(C)C. The Morgan fingerprint density at radius 2 is 1.57 bits per heavy atom. The van der Waals surface area contributed by atoms with Gasteiger partial charge in [0.1, 0.15) is 12.2 Å². The molecule has 0 aromatic carbocycles. The van der Waals surface area contributed by atoms with E-state index in [9.17, 15) is 14.4 Å². The molecule has 0 saturated heterocycles. The summed E-state index contributed by atoms with van der Waals surface area (Å²) < 4.78 is 14.8. The van der Waals surface area contributed by atoms with Crippen LogP contribution in [0.25, 0.3) is 0 Å². The molecule has 1 amide bonds. The zero-order valence-corrected chi connectivity index (χ0v) is 14.7. The fraction of sp³-hybridized carbons (Fsp3) is 0.688. The highest BCUT2D eigenvalue weighted by atomic mass is 16.6. The Morgan fingerprint density at radius 1 is 1.04 bits per heavy atom. The number of nitrogens with one attached hydrogen (secondary N) is 1. The van der Waals surface area contributed by atoms with Crippen molar-refractivity contribution in [2.24, 2.45) is 5.92 Å². The van der Waals surface area contributed by atoms with E-state index in [2.05, 4.69) is 10.1 Å². The van der Waals surface area contributed by atoms with Gasteiger partial charge >= 0.3 is 18.0 Å². The van der Waals surface area contributed by atoms with Crippen LogP contribution in [0, 0.1) is 5.92 Å². The summed E-state index contributed by atoms with van der Waals surface area (Å²) in [4.78, 5) is 34.4. The Balaban J connectivity index is 4.41. The van der Waals surface area contributed by atoms with E-state index in [1.165, 1.54) is 0 Å². The molecular formula is C16H27NO6. The van der Waals surface area contributed by atoms with Gasteiger partial charge < -0.3 is 19.5 Å². The van der Waals surface area contributed by atoms with Crippen molar-refractivity contribution in [3.63, 3.8) is 0 Å². The first-order valence-electron chi connectivity index (χ1n) is 7.56. The minimum atomic E-state index is -0.685. The van der Waals surface area contributed by atoms with Crippen LogP contribution in [0.1, 0.15) is 41.5 Å². The van der Waals surface area contributed by atoms with E-state index < -0.39 is 29.7 Å². The molecule has 0 unspecified atom stereocenters. The van der Waals surface area contributed by atoms with Gasteiger partial charge in [-0.1, -0.05) is 13.8 Å². The van der Waals surface area contributed by atoms with Crippen LogP contribution in [0.3, 0.4) is 0 Å². The van der Waals surface area contributed by atoms with E-state index in [0.29, 0.717) is 0 Å². The Labute approximate surface area is 137 Å². The molecular weight excluding hydrogens is 302 g/mol. The second kappa shape index (κ2) is 9.86. The maximum Gasteiger partial charge on any atom is 0.407 e. The summed E-state index contributed by atoms with van der Waals surface area (Å²) in [5.74, 6) is -1.27. The predicted molar refractivity (Wildman–Crippen MR) is 84.7 cm³/mol. The number of ether oxygens (including phenoxy) is 3. The van der Waals surface area contributed by atoms with Gasteiger partial charge in [0.25, 0.3) is 0 Å². The van der Waals surface area contributed by atoms with E-state index in [0.717, 1.165) is 12.2 Å². The summed E-state index contributed by atoms with van der Waals surface area (Å²) in [6, 6.07) is -0.398. The number of carbonyl (C=O) groups is 3. The molecule has 0 aliphatic heterocycles. The molecule has 1 atom stereocenters. The number of rotatable bonds is 7. The monoisotopic (exact) mass is 329 g/mol. The van der Waals surface area contributed by atoms with Crippen LogP contribution in [-0.2, 0) is 23.8 Å². The van der Waals surface area contributed by atoms with E-state index in [-0.39, 0.29) is 19.1 Å². The second-order valence-corrected chi connectivity index (χ2v) is 6.21. The lowest BCUT2D eigenvalue weighted by molar-refractivity contribution is -0.140. The summed E-state index contributed by atoms with van der Waals surface area (Å²) in [6.07, 6.45) is 1.41. The number of hydrogen-bond acceptors (Lipinski definition) is 6. The lowest BCUT2D eigenvalue weighted by Gasteiger charge is -2.25. The highest BCUT2D eigenvalue weighted by Gasteiger charge is 2.22. The Kier molecular flexibility index (Phi) is 8.98. The number of amides is 1. The van der Waals surface area contributed by atoms with Gasteiger partial charge in [-0.15, -0.1) is 0 Å². The average Bonchev–Trinajstić information content (AvgIpc) is 2.39. The van der Waals surface area contributed by atoms with Gasteiger partial charge in [-0.2, -0.15) is 0 Å². The molecule has 0 radical (unpaired) electrons. The summed E-state index contributed by atoms with van der Waals surface area (Å²) in [5.41, 5.74) is -0.606. The maximum absolute atomic E-state index is 11.8.